The van der Waals surface area contributed by atoms with Gasteiger partial charge in [0, 0.05) is 11.1 Å². The third-order valence-corrected chi connectivity index (χ3v) is 6.05. The summed E-state index contributed by atoms with van der Waals surface area (Å²) in [5.74, 6) is 0.896. The van der Waals surface area contributed by atoms with Crippen LogP contribution in [0.1, 0.15) is 58.5 Å². The largest absolute Gasteiger partial charge is 0.494 e. The summed E-state index contributed by atoms with van der Waals surface area (Å²) >= 11 is 0. The molecule has 8 nitrogen and oxygen atoms in total. The molecule has 0 aliphatic carbocycles. The molecule has 2 amide bonds. The number of hydrogen-bond acceptors (Lipinski definition) is 6. The first-order valence-corrected chi connectivity index (χ1v) is 13.9. The van der Waals surface area contributed by atoms with Crippen molar-refractivity contribution < 1.29 is 19.1 Å². The molecule has 4 rings (SSSR count). The molecule has 0 atom stereocenters. The molecule has 0 aliphatic heterocycles. The highest BCUT2D eigenvalue weighted by Gasteiger charge is 2.08. The SMILES string of the molecule is CCCOc1cccc(/C=N/NC(=O)c2ccc(-c3ccc(C(=O)N/N=C/c4cccc(OCCC)c4)cc3)cc2)c1. The standard InChI is InChI=1S/C34H34N4O4/c1-3-19-41-31-9-5-7-25(21-31)23-35-37-33(39)29-15-11-27(12-16-29)28-13-17-30(18-14-28)34(40)38-36-24-26-8-6-10-32(22-26)42-20-4-2/h5-18,21-24H,3-4,19-20H2,1-2H3,(H,37,39)(H,38,40)/b35-23+,36-24+. The molecule has 0 saturated carbocycles. The Kier molecular flexibility index (Phi) is 11.0. The van der Waals surface area contributed by atoms with E-state index in [9.17, 15) is 9.59 Å². The predicted molar refractivity (Wildman–Crippen MR) is 166 cm³/mol. The van der Waals surface area contributed by atoms with Gasteiger partial charge in [0.25, 0.3) is 11.8 Å². The van der Waals surface area contributed by atoms with Gasteiger partial charge in [0.2, 0.25) is 0 Å². The molecule has 0 saturated heterocycles. The number of carbonyl (C=O) groups is 2. The van der Waals surface area contributed by atoms with E-state index in [4.69, 9.17) is 9.47 Å². The van der Waals surface area contributed by atoms with E-state index in [-0.39, 0.29) is 11.8 Å². The van der Waals surface area contributed by atoms with Crippen molar-refractivity contribution in [2.24, 2.45) is 10.2 Å². The van der Waals surface area contributed by atoms with Crippen LogP contribution in [0, 0.1) is 0 Å². The van der Waals surface area contributed by atoms with E-state index >= 15 is 0 Å². The van der Waals surface area contributed by atoms with Crippen molar-refractivity contribution in [3.05, 3.63) is 119 Å². The Morgan fingerprint density at radius 2 is 1.02 bits per heavy atom. The van der Waals surface area contributed by atoms with Crippen molar-refractivity contribution in [3.8, 4) is 22.6 Å². The van der Waals surface area contributed by atoms with Gasteiger partial charge >= 0.3 is 0 Å². The number of carbonyl (C=O) groups excluding carboxylic acids is 2. The van der Waals surface area contributed by atoms with Crippen molar-refractivity contribution in [3.63, 3.8) is 0 Å². The molecule has 4 aromatic carbocycles. The zero-order chi connectivity index (χ0) is 29.6. The number of ether oxygens (including phenoxy) is 2. The van der Waals surface area contributed by atoms with Crippen LogP contribution in [0.4, 0.5) is 0 Å². The van der Waals surface area contributed by atoms with Gasteiger partial charge in [-0.15, -0.1) is 0 Å². The summed E-state index contributed by atoms with van der Waals surface area (Å²) in [6, 6.07) is 29.4. The fourth-order valence-electron chi connectivity index (χ4n) is 3.90. The van der Waals surface area contributed by atoms with E-state index in [0.717, 1.165) is 46.6 Å². The maximum atomic E-state index is 12.5. The van der Waals surface area contributed by atoms with E-state index in [1.165, 1.54) is 0 Å². The maximum absolute atomic E-state index is 12.5. The number of rotatable bonds is 13. The van der Waals surface area contributed by atoms with Crippen molar-refractivity contribution >= 4 is 24.2 Å². The highest BCUT2D eigenvalue weighted by atomic mass is 16.5. The molecule has 0 fully saturated rings. The number of amides is 2. The van der Waals surface area contributed by atoms with Crippen LogP contribution in [0.15, 0.2) is 107 Å². The van der Waals surface area contributed by atoms with Gasteiger partial charge in [0.1, 0.15) is 11.5 Å². The maximum Gasteiger partial charge on any atom is 0.271 e. The van der Waals surface area contributed by atoms with Gasteiger partial charge in [0.05, 0.1) is 25.6 Å². The predicted octanol–water partition coefficient (Wildman–Crippen LogP) is 6.46. The molecule has 0 aliphatic rings. The van der Waals surface area contributed by atoms with Crippen LogP contribution >= 0.6 is 0 Å². The summed E-state index contributed by atoms with van der Waals surface area (Å²) in [6.45, 7) is 5.39. The summed E-state index contributed by atoms with van der Waals surface area (Å²) in [7, 11) is 0. The first-order valence-electron chi connectivity index (χ1n) is 13.9. The topological polar surface area (TPSA) is 101 Å². The van der Waals surface area contributed by atoms with Gasteiger partial charge in [-0.3, -0.25) is 9.59 Å². The monoisotopic (exact) mass is 562 g/mol. The molecule has 0 radical (unpaired) electrons. The van der Waals surface area contributed by atoms with Gasteiger partial charge in [-0.1, -0.05) is 62.4 Å². The molecule has 8 heteroatoms. The van der Waals surface area contributed by atoms with E-state index in [2.05, 4.69) is 34.9 Å². The van der Waals surface area contributed by atoms with Crippen LogP contribution in [0.2, 0.25) is 0 Å². The minimum absolute atomic E-state index is 0.316. The highest BCUT2D eigenvalue weighted by molar-refractivity contribution is 5.96. The van der Waals surface area contributed by atoms with Crippen molar-refractivity contribution in [1.29, 1.82) is 0 Å². The number of hydrogen-bond donors (Lipinski definition) is 2. The zero-order valence-corrected chi connectivity index (χ0v) is 23.7. The molecule has 4 aromatic rings. The molecule has 2 N–H and O–H groups in total. The lowest BCUT2D eigenvalue weighted by Crippen LogP contribution is -2.17. The molecule has 214 valence electrons. The molecular formula is C34H34N4O4. The summed E-state index contributed by atoms with van der Waals surface area (Å²) < 4.78 is 11.2. The second kappa shape index (κ2) is 15.5. The van der Waals surface area contributed by atoms with Crippen LogP contribution in [-0.2, 0) is 0 Å². The fourth-order valence-corrected chi connectivity index (χ4v) is 3.90. The van der Waals surface area contributed by atoms with Gasteiger partial charge in [0.15, 0.2) is 0 Å². The van der Waals surface area contributed by atoms with E-state index in [0.29, 0.717) is 24.3 Å². The first-order chi connectivity index (χ1) is 20.6. The van der Waals surface area contributed by atoms with Crippen molar-refractivity contribution in [2.45, 2.75) is 26.7 Å². The highest BCUT2D eigenvalue weighted by Crippen LogP contribution is 2.21. The minimum Gasteiger partial charge on any atom is -0.494 e. The summed E-state index contributed by atoms with van der Waals surface area (Å²) in [5.41, 5.74) is 9.54. The van der Waals surface area contributed by atoms with Crippen LogP contribution in [0.3, 0.4) is 0 Å². The van der Waals surface area contributed by atoms with E-state index in [1.54, 1.807) is 36.7 Å². The molecule has 0 heterocycles. The minimum atomic E-state index is -0.316. The van der Waals surface area contributed by atoms with Gasteiger partial charge < -0.3 is 9.47 Å². The normalized spacial score (nSPS) is 11.0. The second-order valence-corrected chi connectivity index (χ2v) is 9.39. The van der Waals surface area contributed by atoms with Gasteiger partial charge in [-0.2, -0.15) is 10.2 Å². The average Bonchev–Trinajstić information content (AvgIpc) is 3.03. The molecule has 42 heavy (non-hydrogen) atoms. The van der Waals surface area contributed by atoms with E-state index < -0.39 is 0 Å². The zero-order valence-electron chi connectivity index (χ0n) is 23.7. The van der Waals surface area contributed by atoms with Crippen molar-refractivity contribution in [1.82, 2.24) is 10.9 Å². The Bertz CT molecular complexity index is 1410. The smallest absolute Gasteiger partial charge is 0.271 e. The lowest BCUT2D eigenvalue weighted by Gasteiger charge is -2.06. The Balaban J connectivity index is 1.29. The first kappa shape index (κ1) is 29.7. The fraction of sp³-hybridized carbons (Fsp3) is 0.176. The summed E-state index contributed by atoms with van der Waals surface area (Å²) in [4.78, 5) is 25.1. The molecule has 0 aromatic heterocycles. The lowest BCUT2D eigenvalue weighted by atomic mass is 10.0. The summed E-state index contributed by atoms with van der Waals surface area (Å²) in [5, 5.41) is 8.13. The number of nitrogens with one attached hydrogen (secondary N) is 2. The Morgan fingerprint density at radius 1 is 0.619 bits per heavy atom. The molecule has 0 unspecified atom stereocenters. The third-order valence-electron chi connectivity index (χ3n) is 6.05. The average molecular weight is 563 g/mol. The molecule has 0 spiro atoms. The Hall–Kier alpha value is -5.24. The lowest BCUT2D eigenvalue weighted by molar-refractivity contribution is 0.0947. The van der Waals surface area contributed by atoms with Crippen molar-refractivity contribution in [2.75, 3.05) is 13.2 Å². The van der Waals surface area contributed by atoms with E-state index in [1.807, 2.05) is 72.8 Å². The quantitative estimate of drug-likeness (QED) is 0.144. The Morgan fingerprint density at radius 3 is 1.40 bits per heavy atom. The number of nitrogens with zero attached hydrogens (tertiary/aromatic N) is 2. The molecule has 0 bridgehead atoms. The Labute approximate surface area is 246 Å². The van der Waals surface area contributed by atoms with Crippen LogP contribution in [0.5, 0.6) is 11.5 Å². The van der Waals surface area contributed by atoms with Crippen LogP contribution < -0.4 is 20.3 Å². The second-order valence-electron chi connectivity index (χ2n) is 9.39. The summed E-state index contributed by atoms with van der Waals surface area (Å²) in [6.07, 6.45) is 5.01. The van der Waals surface area contributed by atoms with Crippen LogP contribution in [0.25, 0.3) is 11.1 Å². The number of benzene rings is 4. The molecular weight excluding hydrogens is 528 g/mol. The van der Waals surface area contributed by atoms with Gasteiger partial charge in [-0.05, 0) is 83.6 Å². The third kappa shape index (κ3) is 8.89. The van der Waals surface area contributed by atoms with Gasteiger partial charge in [-0.25, -0.2) is 10.9 Å². The number of hydrazone groups is 2. The van der Waals surface area contributed by atoms with Crippen LogP contribution in [-0.4, -0.2) is 37.5 Å².